The predicted octanol–water partition coefficient (Wildman–Crippen LogP) is 4.70. The van der Waals surface area contributed by atoms with Crippen LogP contribution in [0, 0.1) is 31.5 Å². The molecular formula is C25H27FN2O2. The lowest BCUT2D eigenvalue weighted by molar-refractivity contribution is -0.120. The molecule has 30 heavy (non-hydrogen) atoms. The van der Waals surface area contributed by atoms with E-state index in [2.05, 4.69) is 18.7 Å². The first-order valence-corrected chi connectivity index (χ1v) is 10.5. The molecule has 0 spiro atoms. The average molecular weight is 407 g/mol. The number of imide groups is 1. The molecule has 0 bridgehead atoms. The minimum absolute atomic E-state index is 0.263. The summed E-state index contributed by atoms with van der Waals surface area (Å²) in [6.45, 7) is 9.81. The first-order chi connectivity index (χ1) is 14.3. The Bertz CT molecular complexity index is 1050. The summed E-state index contributed by atoms with van der Waals surface area (Å²) >= 11 is 0. The van der Waals surface area contributed by atoms with Crippen LogP contribution in [0.15, 0.2) is 48.2 Å². The third-order valence-corrected chi connectivity index (χ3v) is 6.11. The molecule has 2 atom stereocenters. The Hall–Kier alpha value is -2.95. The van der Waals surface area contributed by atoms with E-state index in [0.717, 1.165) is 41.1 Å². The largest absolute Gasteiger partial charge is 0.366 e. The van der Waals surface area contributed by atoms with Crippen molar-refractivity contribution in [3.63, 3.8) is 0 Å². The quantitative estimate of drug-likeness (QED) is 0.694. The molecule has 2 aliphatic heterocycles. The average Bonchev–Trinajstić information content (AvgIpc) is 2.93. The van der Waals surface area contributed by atoms with E-state index in [0.29, 0.717) is 23.1 Å². The number of nitrogens with zero attached hydrogens (tertiary/aromatic N) is 2. The molecule has 0 saturated carbocycles. The van der Waals surface area contributed by atoms with Gasteiger partial charge in [0.1, 0.15) is 11.5 Å². The fraction of sp³-hybridized carbons (Fsp3) is 0.360. The van der Waals surface area contributed by atoms with Crippen molar-refractivity contribution in [1.29, 1.82) is 0 Å². The minimum atomic E-state index is -0.477. The van der Waals surface area contributed by atoms with E-state index in [1.807, 2.05) is 32.0 Å². The molecule has 2 unspecified atom stereocenters. The molecule has 0 aromatic heterocycles. The third-order valence-electron chi connectivity index (χ3n) is 6.11. The number of aryl methyl sites for hydroxylation is 2. The number of anilines is 1. The van der Waals surface area contributed by atoms with Gasteiger partial charge >= 0.3 is 0 Å². The zero-order chi connectivity index (χ0) is 21.6. The highest BCUT2D eigenvalue weighted by molar-refractivity contribution is 6.45. The van der Waals surface area contributed by atoms with Crippen molar-refractivity contribution in [3.8, 4) is 0 Å². The molecule has 4 nitrogen and oxygen atoms in total. The summed E-state index contributed by atoms with van der Waals surface area (Å²) in [7, 11) is 0. The van der Waals surface area contributed by atoms with Crippen molar-refractivity contribution in [2.24, 2.45) is 11.8 Å². The summed E-state index contributed by atoms with van der Waals surface area (Å²) in [6, 6.07) is 11.5. The van der Waals surface area contributed by atoms with E-state index in [1.54, 1.807) is 6.07 Å². The summed E-state index contributed by atoms with van der Waals surface area (Å²) in [5.74, 6) is -0.397. The maximum Gasteiger partial charge on any atom is 0.282 e. The molecule has 2 aromatic rings. The normalized spacial score (nSPS) is 22.3. The fourth-order valence-electron chi connectivity index (χ4n) is 4.66. The number of amides is 2. The maximum atomic E-state index is 13.9. The monoisotopic (exact) mass is 406 g/mol. The van der Waals surface area contributed by atoms with Crippen molar-refractivity contribution < 1.29 is 14.0 Å². The molecule has 0 radical (unpaired) electrons. The number of halogens is 1. The van der Waals surface area contributed by atoms with Crippen LogP contribution >= 0.6 is 0 Å². The van der Waals surface area contributed by atoms with Crippen molar-refractivity contribution in [3.05, 3.63) is 70.7 Å². The predicted molar refractivity (Wildman–Crippen MR) is 116 cm³/mol. The fourth-order valence-corrected chi connectivity index (χ4v) is 4.66. The van der Waals surface area contributed by atoms with E-state index in [-0.39, 0.29) is 11.6 Å². The van der Waals surface area contributed by atoms with Crippen LogP contribution in [0.25, 0.3) is 5.57 Å². The van der Waals surface area contributed by atoms with Crippen molar-refractivity contribution in [1.82, 2.24) is 4.90 Å². The van der Waals surface area contributed by atoms with Gasteiger partial charge in [0, 0.05) is 13.1 Å². The molecule has 5 heteroatoms. The maximum absolute atomic E-state index is 13.9. The second-order valence-corrected chi connectivity index (χ2v) is 8.80. The van der Waals surface area contributed by atoms with Gasteiger partial charge in [-0.25, -0.2) is 9.29 Å². The van der Waals surface area contributed by atoms with E-state index in [4.69, 9.17) is 0 Å². The molecule has 1 fully saturated rings. The molecule has 0 aliphatic carbocycles. The number of hydrogen-bond donors (Lipinski definition) is 0. The summed E-state index contributed by atoms with van der Waals surface area (Å²) in [6.07, 6.45) is 1.10. The van der Waals surface area contributed by atoms with Gasteiger partial charge in [-0.05, 0) is 67.0 Å². The summed E-state index contributed by atoms with van der Waals surface area (Å²) in [5, 5.41) is 0. The van der Waals surface area contributed by atoms with Gasteiger partial charge in [0.15, 0.2) is 0 Å². The van der Waals surface area contributed by atoms with Crippen LogP contribution in [0.1, 0.15) is 37.0 Å². The van der Waals surface area contributed by atoms with Gasteiger partial charge in [-0.3, -0.25) is 9.59 Å². The molecule has 2 heterocycles. The smallest absolute Gasteiger partial charge is 0.282 e. The number of hydrogen-bond acceptors (Lipinski definition) is 3. The number of carbonyl (C=O) groups is 2. The number of piperidine rings is 1. The van der Waals surface area contributed by atoms with Gasteiger partial charge in [-0.1, -0.05) is 38.1 Å². The Balaban J connectivity index is 1.86. The topological polar surface area (TPSA) is 40.6 Å². The second-order valence-electron chi connectivity index (χ2n) is 8.80. The zero-order valence-electron chi connectivity index (χ0n) is 17.9. The van der Waals surface area contributed by atoms with Crippen LogP contribution in [0.3, 0.4) is 0 Å². The van der Waals surface area contributed by atoms with Gasteiger partial charge in [0.05, 0.1) is 11.3 Å². The molecule has 156 valence electrons. The van der Waals surface area contributed by atoms with Crippen LogP contribution in [-0.2, 0) is 9.59 Å². The van der Waals surface area contributed by atoms with Crippen LogP contribution in [-0.4, -0.2) is 29.8 Å². The van der Waals surface area contributed by atoms with Crippen LogP contribution < -0.4 is 4.90 Å². The molecular weight excluding hydrogens is 379 g/mol. The summed E-state index contributed by atoms with van der Waals surface area (Å²) in [5.41, 5.74) is 4.03. The van der Waals surface area contributed by atoms with Crippen LogP contribution in [0.4, 0.5) is 10.1 Å². The Labute approximate surface area is 177 Å². The van der Waals surface area contributed by atoms with Crippen LogP contribution in [0.2, 0.25) is 0 Å². The standard InChI is InChI=1S/C25H27FN2O2/c1-15-10-16(2)14-27(13-15)23-22(19-9-8-17(3)18(4)11-19)24(29)28(25(23)30)21-7-5-6-20(26)12-21/h5-9,11-12,15-16H,10,13-14H2,1-4H3. The number of rotatable bonds is 3. The SMILES string of the molecule is Cc1ccc(C2=C(N3CC(C)CC(C)C3)C(=O)N(c3cccc(F)c3)C2=O)cc1C. The summed E-state index contributed by atoms with van der Waals surface area (Å²) < 4.78 is 13.9. The first kappa shape index (κ1) is 20.3. The van der Waals surface area contributed by atoms with Gasteiger partial charge in [-0.15, -0.1) is 0 Å². The number of benzene rings is 2. The van der Waals surface area contributed by atoms with Crippen molar-refractivity contribution in [2.45, 2.75) is 34.1 Å². The Morgan fingerprint density at radius 1 is 0.900 bits per heavy atom. The van der Waals surface area contributed by atoms with E-state index in [1.165, 1.54) is 18.2 Å². The molecule has 2 aliphatic rings. The minimum Gasteiger partial charge on any atom is -0.366 e. The molecule has 0 N–H and O–H groups in total. The van der Waals surface area contributed by atoms with E-state index in [9.17, 15) is 14.0 Å². The summed E-state index contributed by atoms with van der Waals surface area (Å²) in [4.78, 5) is 30.3. The highest BCUT2D eigenvalue weighted by Gasteiger charge is 2.43. The van der Waals surface area contributed by atoms with Gasteiger partial charge in [0.2, 0.25) is 0 Å². The molecule has 1 saturated heterocycles. The van der Waals surface area contributed by atoms with Crippen molar-refractivity contribution >= 4 is 23.1 Å². The zero-order valence-corrected chi connectivity index (χ0v) is 17.9. The third kappa shape index (κ3) is 3.53. The lowest BCUT2D eigenvalue weighted by Gasteiger charge is -2.37. The van der Waals surface area contributed by atoms with Crippen LogP contribution in [0.5, 0.6) is 0 Å². The van der Waals surface area contributed by atoms with E-state index >= 15 is 0 Å². The lowest BCUT2D eigenvalue weighted by Crippen LogP contribution is -2.42. The van der Waals surface area contributed by atoms with Gasteiger partial charge in [-0.2, -0.15) is 0 Å². The highest BCUT2D eigenvalue weighted by atomic mass is 19.1. The number of likely N-dealkylation sites (tertiary alicyclic amines) is 1. The Kier molecular flexibility index (Phi) is 5.22. The van der Waals surface area contributed by atoms with Crippen molar-refractivity contribution in [2.75, 3.05) is 18.0 Å². The molecule has 2 amide bonds. The molecule has 2 aromatic carbocycles. The lowest BCUT2D eigenvalue weighted by atomic mass is 9.90. The Morgan fingerprint density at radius 3 is 2.23 bits per heavy atom. The second kappa shape index (κ2) is 7.71. The van der Waals surface area contributed by atoms with Gasteiger partial charge < -0.3 is 4.90 Å². The Morgan fingerprint density at radius 2 is 1.60 bits per heavy atom. The van der Waals surface area contributed by atoms with E-state index < -0.39 is 11.7 Å². The molecule has 4 rings (SSSR count). The highest BCUT2D eigenvalue weighted by Crippen LogP contribution is 2.37. The first-order valence-electron chi connectivity index (χ1n) is 10.5. The van der Waals surface area contributed by atoms with Gasteiger partial charge in [0.25, 0.3) is 11.8 Å². The number of carbonyl (C=O) groups excluding carboxylic acids is 2.